The average Bonchev–Trinajstić information content (AvgIpc) is 3.13. The number of thiazole rings is 1. The zero-order valence-corrected chi connectivity index (χ0v) is 15.3. The lowest BCUT2D eigenvalue weighted by atomic mass is 9.96. The summed E-state index contributed by atoms with van der Waals surface area (Å²) < 4.78 is 13.0. The first-order valence-electron chi connectivity index (χ1n) is 8.91. The lowest BCUT2D eigenvalue weighted by Gasteiger charge is -2.31. The third-order valence-corrected chi connectivity index (χ3v) is 5.50. The maximum atomic E-state index is 13.0. The van der Waals surface area contributed by atoms with Gasteiger partial charge in [-0.05, 0) is 43.5 Å². The molecule has 0 saturated carbocycles. The molecule has 2 aromatic rings. The minimum Gasteiger partial charge on any atom is -0.356 e. The van der Waals surface area contributed by atoms with Gasteiger partial charge in [-0.3, -0.25) is 4.79 Å². The van der Waals surface area contributed by atoms with E-state index in [1.54, 1.807) is 23.5 Å². The molecule has 0 bridgehead atoms. The third-order valence-electron chi connectivity index (χ3n) is 4.60. The molecule has 1 fully saturated rings. The quantitative estimate of drug-likeness (QED) is 0.789. The second kappa shape index (κ2) is 8.43. The Labute approximate surface area is 152 Å². The Bertz CT molecular complexity index is 693. The van der Waals surface area contributed by atoms with E-state index in [-0.39, 0.29) is 17.6 Å². The van der Waals surface area contributed by atoms with Crippen LogP contribution in [-0.4, -0.2) is 30.5 Å². The summed E-state index contributed by atoms with van der Waals surface area (Å²) in [4.78, 5) is 19.1. The Morgan fingerprint density at radius 3 is 2.72 bits per heavy atom. The molecule has 1 aromatic heterocycles. The SMILES string of the molecule is CCCCNC(=O)C1CCN(c2nc(-c3ccc(F)cc3)cs2)CC1. The van der Waals surface area contributed by atoms with E-state index in [9.17, 15) is 9.18 Å². The molecule has 1 saturated heterocycles. The monoisotopic (exact) mass is 361 g/mol. The number of rotatable bonds is 6. The van der Waals surface area contributed by atoms with Gasteiger partial charge >= 0.3 is 0 Å². The Kier molecular flexibility index (Phi) is 6.02. The second-order valence-electron chi connectivity index (χ2n) is 6.43. The van der Waals surface area contributed by atoms with Crippen molar-refractivity contribution in [2.75, 3.05) is 24.5 Å². The minimum absolute atomic E-state index is 0.115. The van der Waals surface area contributed by atoms with Crippen molar-refractivity contribution >= 4 is 22.4 Å². The number of benzene rings is 1. The average molecular weight is 361 g/mol. The molecule has 0 spiro atoms. The van der Waals surface area contributed by atoms with Crippen molar-refractivity contribution in [3.8, 4) is 11.3 Å². The van der Waals surface area contributed by atoms with Gasteiger partial charge in [0.05, 0.1) is 5.69 Å². The van der Waals surface area contributed by atoms with Crippen molar-refractivity contribution in [2.24, 2.45) is 5.92 Å². The number of nitrogens with zero attached hydrogens (tertiary/aromatic N) is 2. The van der Waals surface area contributed by atoms with Crippen molar-refractivity contribution in [3.63, 3.8) is 0 Å². The molecular formula is C19H24FN3OS. The maximum Gasteiger partial charge on any atom is 0.223 e. The van der Waals surface area contributed by atoms with Gasteiger partial charge in [0.15, 0.2) is 5.13 Å². The Morgan fingerprint density at radius 2 is 2.04 bits per heavy atom. The van der Waals surface area contributed by atoms with Crippen LogP contribution in [0, 0.1) is 11.7 Å². The first kappa shape index (κ1) is 17.9. The van der Waals surface area contributed by atoms with Gasteiger partial charge in [0, 0.05) is 36.5 Å². The van der Waals surface area contributed by atoms with Crippen molar-refractivity contribution in [1.29, 1.82) is 0 Å². The van der Waals surface area contributed by atoms with Crippen LogP contribution in [0.2, 0.25) is 0 Å². The first-order chi connectivity index (χ1) is 12.2. The number of piperidine rings is 1. The number of carbonyl (C=O) groups excluding carboxylic acids is 1. The summed E-state index contributed by atoms with van der Waals surface area (Å²) in [5, 5.41) is 6.02. The van der Waals surface area contributed by atoms with Gasteiger partial charge in [-0.15, -0.1) is 11.3 Å². The number of hydrogen-bond donors (Lipinski definition) is 1. The summed E-state index contributed by atoms with van der Waals surface area (Å²) in [5.41, 5.74) is 1.80. The molecule has 0 aliphatic carbocycles. The Morgan fingerprint density at radius 1 is 1.32 bits per heavy atom. The summed E-state index contributed by atoms with van der Waals surface area (Å²) in [6.07, 6.45) is 3.86. The summed E-state index contributed by atoms with van der Waals surface area (Å²) in [5.74, 6) is 0.0716. The molecule has 1 amide bonds. The largest absolute Gasteiger partial charge is 0.356 e. The highest BCUT2D eigenvalue weighted by atomic mass is 32.1. The smallest absolute Gasteiger partial charge is 0.223 e. The highest BCUT2D eigenvalue weighted by Gasteiger charge is 2.26. The zero-order valence-electron chi connectivity index (χ0n) is 14.5. The fraction of sp³-hybridized carbons (Fsp3) is 0.474. The van der Waals surface area contributed by atoms with Gasteiger partial charge in [0.2, 0.25) is 5.91 Å². The van der Waals surface area contributed by atoms with Crippen molar-refractivity contribution in [3.05, 3.63) is 35.5 Å². The van der Waals surface area contributed by atoms with Gasteiger partial charge in [0.1, 0.15) is 5.82 Å². The fourth-order valence-electron chi connectivity index (χ4n) is 3.03. The molecule has 1 N–H and O–H groups in total. The highest BCUT2D eigenvalue weighted by Crippen LogP contribution is 2.30. The van der Waals surface area contributed by atoms with Gasteiger partial charge in [-0.25, -0.2) is 9.37 Å². The van der Waals surface area contributed by atoms with Crippen LogP contribution in [0.4, 0.5) is 9.52 Å². The van der Waals surface area contributed by atoms with Crippen LogP contribution in [0.1, 0.15) is 32.6 Å². The van der Waals surface area contributed by atoms with Crippen LogP contribution >= 0.6 is 11.3 Å². The first-order valence-corrected chi connectivity index (χ1v) is 9.79. The molecule has 1 aromatic carbocycles. The van der Waals surface area contributed by atoms with Crippen molar-refractivity contribution in [2.45, 2.75) is 32.6 Å². The van der Waals surface area contributed by atoms with Crippen molar-refractivity contribution < 1.29 is 9.18 Å². The number of hydrogen-bond acceptors (Lipinski definition) is 4. The number of amides is 1. The van der Waals surface area contributed by atoms with Crippen LogP contribution in [0.5, 0.6) is 0 Å². The Hall–Kier alpha value is -1.95. The van der Waals surface area contributed by atoms with Crippen LogP contribution in [0.15, 0.2) is 29.6 Å². The van der Waals surface area contributed by atoms with Crippen molar-refractivity contribution in [1.82, 2.24) is 10.3 Å². The molecular weight excluding hydrogens is 337 g/mol. The number of unbranched alkanes of at least 4 members (excludes halogenated alkanes) is 1. The molecule has 25 heavy (non-hydrogen) atoms. The fourth-order valence-corrected chi connectivity index (χ4v) is 3.92. The van der Waals surface area contributed by atoms with Gasteiger partial charge in [-0.2, -0.15) is 0 Å². The standard InChI is InChI=1S/C19H24FN3OS/c1-2-3-10-21-18(24)15-8-11-23(12-9-15)19-22-17(13-25-19)14-4-6-16(20)7-5-14/h4-7,13,15H,2-3,8-12H2,1H3,(H,21,24). The Balaban J connectivity index is 1.55. The van der Waals surface area contributed by atoms with Crippen LogP contribution in [-0.2, 0) is 4.79 Å². The van der Waals surface area contributed by atoms with Gasteiger partial charge in [0.25, 0.3) is 0 Å². The normalized spacial score (nSPS) is 15.4. The molecule has 1 aliphatic rings. The lowest BCUT2D eigenvalue weighted by Crippen LogP contribution is -2.40. The summed E-state index contributed by atoms with van der Waals surface area (Å²) in [6.45, 7) is 4.60. The third kappa shape index (κ3) is 4.57. The summed E-state index contributed by atoms with van der Waals surface area (Å²) >= 11 is 1.60. The number of aromatic nitrogens is 1. The van der Waals surface area contributed by atoms with Crippen LogP contribution in [0.25, 0.3) is 11.3 Å². The van der Waals surface area contributed by atoms with E-state index in [1.807, 2.05) is 5.38 Å². The van der Waals surface area contributed by atoms with E-state index in [2.05, 4.69) is 22.1 Å². The molecule has 134 valence electrons. The zero-order chi connectivity index (χ0) is 17.6. The second-order valence-corrected chi connectivity index (χ2v) is 7.26. The molecule has 4 nitrogen and oxygen atoms in total. The van der Waals surface area contributed by atoms with E-state index in [4.69, 9.17) is 0 Å². The lowest BCUT2D eigenvalue weighted by molar-refractivity contribution is -0.125. The van der Waals surface area contributed by atoms with E-state index in [0.29, 0.717) is 0 Å². The maximum absolute atomic E-state index is 13.0. The molecule has 2 heterocycles. The molecule has 0 unspecified atom stereocenters. The predicted octanol–water partition coefficient (Wildman–Crippen LogP) is 4.08. The van der Waals surface area contributed by atoms with Crippen LogP contribution in [0.3, 0.4) is 0 Å². The number of halogens is 1. The van der Waals surface area contributed by atoms with E-state index in [1.165, 1.54) is 12.1 Å². The topological polar surface area (TPSA) is 45.2 Å². The number of nitrogens with one attached hydrogen (secondary N) is 1. The predicted molar refractivity (Wildman–Crippen MR) is 100 cm³/mol. The molecule has 0 atom stereocenters. The van der Waals surface area contributed by atoms with Crippen LogP contribution < -0.4 is 10.2 Å². The molecule has 0 radical (unpaired) electrons. The minimum atomic E-state index is -0.238. The number of anilines is 1. The highest BCUT2D eigenvalue weighted by molar-refractivity contribution is 7.14. The molecule has 6 heteroatoms. The summed E-state index contributed by atoms with van der Waals surface area (Å²) in [6, 6.07) is 6.41. The summed E-state index contributed by atoms with van der Waals surface area (Å²) in [7, 11) is 0. The van der Waals surface area contributed by atoms with E-state index in [0.717, 1.165) is 61.7 Å². The van der Waals surface area contributed by atoms with E-state index < -0.39 is 0 Å². The van der Waals surface area contributed by atoms with E-state index >= 15 is 0 Å². The molecule has 1 aliphatic heterocycles. The van der Waals surface area contributed by atoms with Gasteiger partial charge < -0.3 is 10.2 Å². The number of carbonyl (C=O) groups is 1. The molecule has 3 rings (SSSR count). The van der Waals surface area contributed by atoms with Gasteiger partial charge in [-0.1, -0.05) is 13.3 Å².